The molecule has 0 aliphatic rings. The van der Waals surface area contributed by atoms with E-state index in [2.05, 4.69) is 16.8 Å². The van der Waals surface area contributed by atoms with Gasteiger partial charge in [-0.05, 0) is 35.4 Å². The van der Waals surface area contributed by atoms with Gasteiger partial charge in [0.1, 0.15) is 0 Å². The molecule has 1 aromatic heterocycles. The van der Waals surface area contributed by atoms with Crippen LogP contribution in [0.2, 0.25) is 0 Å². The van der Waals surface area contributed by atoms with Gasteiger partial charge in [0.25, 0.3) is 0 Å². The van der Waals surface area contributed by atoms with Crippen molar-refractivity contribution in [1.29, 1.82) is 0 Å². The number of rotatable bonds is 5. The molecular weight excluding hydrogens is 172 g/mol. The molecule has 0 unspecified atom stereocenters. The van der Waals surface area contributed by atoms with Gasteiger partial charge in [-0.3, -0.25) is 4.79 Å². The first-order valence-electron chi connectivity index (χ1n) is 3.79. The van der Waals surface area contributed by atoms with E-state index in [1.54, 1.807) is 11.3 Å². The zero-order chi connectivity index (χ0) is 8.81. The predicted octanol–water partition coefficient (Wildman–Crippen LogP) is 0.365. The van der Waals surface area contributed by atoms with Crippen LogP contribution in [0.5, 0.6) is 0 Å². The van der Waals surface area contributed by atoms with Crippen LogP contribution in [-0.2, 0) is 11.2 Å². The molecule has 1 rings (SSSR count). The summed E-state index contributed by atoms with van der Waals surface area (Å²) >= 11 is 1.68. The average molecular weight is 184 g/mol. The lowest BCUT2D eigenvalue weighted by atomic mass is 10.2. The van der Waals surface area contributed by atoms with E-state index in [0.717, 1.165) is 13.0 Å². The van der Waals surface area contributed by atoms with Crippen LogP contribution in [0.1, 0.15) is 5.56 Å². The second-order valence-electron chi connectivity index (χ2n) is 2.52. The lowest BCUT2D eigenvalue weighted by Crippen LogP contribution is -2.29. The maximum absolute atomic E-state index is 10.3. The van der Waals surface area contributed by atoms with E-state index >= 15 is 0 Å². The number of carbonyl (C=O) groups is 1. The van der Waals surface area contributed by atoms with E-state index in [9.17, 15) is 4.79 Å². The van der Waals surface area contributed by atoms with Gasteiger partial charge in [0.05, 0.1) is 6.54 Å². The second-order valence-corrected chi connectivity index (χ2v) is 3.30. The Morgan fingerprint density at radius 2 is 2.50 bits per heavy atom. The smallest absolute Gasteiger partial charge is 0.231 e. The summed E-state index contributed by atoms with van der Waals surface area (Å²) in [4.78, 5) is 10.3. The number of hydrogen-bond acceptors (Lipinski definition) is 3. The van der Waals surface area contributed by atoms with Crippen LogP contribution in [0.4, 0.5) is 0 Å². The third-order valence-corrected chi connectivity index (χ3v) is 2.20. The Morgan fingerprint density at radius 1 is 1.67 bits per heavy atom. The lowest BCUT2D eigenvalue weighted by Gasteiger charge is -1.99. The number of hydrogen-bond donors (Lipinski definition) is 2. The largest absolute Gasteiger partial charge is 0.369 e. The van der Waals surface area contributed by atoms with Gasteiger partial charge < -0.3 is 11.1 Å². The van der Waals surface area contributed by atoms with Gasteiger partial charge in [-0.15, -0.1) is 0 Å². The Labute approximate surface area is 75.6 Å². The first-order chi connectivity index (χ1) is 5.79. The molecule has 0 saturated heterocycles. The fourth-order valence-corrected chi connectivity index (χ4v) is 1.58. The Hall–Kier alpha value is -0.870. The molecule has 0 atom stereocenters. The lowest BCUT2D eigenvalue weighted by molar-refractivity contribution is -0.117. The number of primary amides is 1. The minimum absolute atomic E-state index is 0.268. The highest BCUT2D eigenvalue weighted by atomic mass is 32.1. The molecule has 0 spiro atoms. The van der Waals surface area contributed by atoms with Crippen molar-refractivity contribution < 1.29 is 4.79 Å². The first kappa shape index (κ1) is 9.22. The molecule has 12 heavy (non-hydrogen) atoms. The molecule has 0 aliphatic carbocycles. The topological polar surface area (TPSA) is 55.1 Å². The van der Waals surface area contributed by atoms with Gasteiger partial charge >= 0.3 is 0 Å². The average Bonchev–Trinajstić information content (AvgIpc) is 2.49. The zero-order valence-corrected chi connectivity index (χ0v) is 7.56. The predicted molar refractivity (Wildman–Crippen MR) is 50.1 cm³/mol. The Kier molecular flexibility index (Phi) is 3.76. The van der Waals surface area contributed by atoms with Crippen LogP contribution in [0.3, 0.4) is 0 Å². The molecule has 3 nitrogen and oxygen atoms in total. The summed E-state index contributed by atoms with van der Waals surface area (Å²) in [6.07, 6.45) is 0.955. The molecule has 3 N–H and O–H groups in total. The van der Waals surface area contributed by atoms with E-state index in [-0.39, 0.29) is 12.5 Å². The van der Waals surface area contributed by atoms with Crippen molar-refractivity contribution in [2.45, 2.75) is 6.42 Å². The highest BCUT2D eigenvalue weighted by Gasteiger charge is 1.94. The van der Waals surface area contributed by atoms with Crippen molar-refractivity contribution in [2.24, 2.45) is 5.73 Å². The Bertz CT molecular complexity index is 233. The van der Waals surface area contributed by atoms with Crippen molar-refractivity contribution in [3.8, 4) is 0 Å². The summed E-state index contributed by atoms with van der Waals surface area (Å²) in [7, 11) is 0. The molecule has 0 saturated carbocycles. The van der Waals surface area contributed by atoms with Crippen molar-refractivity contribution in [3.63, 3.8) is 0 Å². The van der Waals surface area contributed by atoms with E-state index in [1.165, 1.54) is 5.56 Å². The van der Waals surface area contributed by atoms with Crippen molar-refractivity contribution in [3.05, 3.63) is 22.4 Å². The summed E-state index contributed by atoms with van der Waals surface area (Å²) in [5.74, 6) is -0.305. The van der Waals surface area contributed by atoms with Crippen LogP contribution in [-0.4, -0.2) is 19.0 Å². The molecule has 1 heterocycles. The standard InChI is InChI=1S/C8H12N2OS/c9-8(11)5-10-3-1-7-2-4-12-6-7/h2,4,6,10H,1,3,5H2,(H2,9,11). The monoisotopic (exact) mass is 184 g/mol. The number of thiophene rings is 1. The molecule has 66 valence electrons. The minimum atomic E-state index is -0.305. The summed E-state index contributed by atoms with van der Waals surface area (Å²) < 4.78 is 0. The third kappa shape index (κ3) is 3.50. The van der Waals surface area contributed by atoms with Gasteiger partial charge in [0.15, 0.2) is 0 Å². The van der Waals surface area contributed by atoms with E-state index in [1.807, 2.05) is 5.38 Å². The Morgan fingerprint density at radius 3 is 3.08 bits per heavy atom. The van der Waals surface area contributed by atoms with E-state index in [0.29, 0.717) is 0 Å². The van der Waals surface area contributed by atoms with Crippen LogP contribution in [0, 0.1) is 0 Å². The molecule has 0 bridgehead atoms. The van der Waals surface area contributed by atoms with Crippen molar-refractivity contribution >= 4 is 17.2 Å². The summed E-state index contributed by atoms with van der Waals surface area (Å²) in [5.41, 5.74) is 6.26. The summed E-state index contributed by atoms with van der Waals surface area (Å²) in [6.45, 7) is 1.07. The highest BCUT2D eigenvalue weighted by molar-refractivity contribution is 7.07. The number of nitrogens with one attached hydrogen (secondary N) is 1. The van der Waals surface area contributed by atoms with Gasteiger partial charge in [-0.2, -0.15) is 11.3 Å². The fraction of sp³-hybridized carbons (Fsp3) is 0.375. The van der Waals surface area contributed by atoms with Crippen LogP contribution >= 0.6 is 11.3 Å². The molecule has 1 amide bonds. The SMILES string of the molecule is NC(=O)CNCCc1ccsc1. The molecule has 4 heteroatoms. The second kappa shape index (κ2) is 4.90. The van der Waals surface area contributed by atoms with Crippen LogP contribution < -0.4 is 11.1 Å². The maximum Gasteiger partial charge on any atom is 0.231 e. The molecule has 0 radical (unpaired) electrons. The number of amides is 1. The number of nitrogens with two attached hydrogens (primary N) is 1. The van der Waals surface area contributed by atoms with Crippen LogP contribution in [0.15, 0.2) is 16.8 Å². The van der Waals surface area contributed by atoms with Gasteiger partial charge in [0.2, 0.25) is 5.91 Å². The quantitative estimate of drug-likeness (QED) is 0.649. The van der Waals surface area contributed by atoms with Crippen molar-refractivity contribution in [2.75, 3.05) is 13.1 Å². The molecule has 1 aromatic rings. The van der Waals surface area contributed by atoms with Gasteiger partial charge in [-0.25, -0.2) is 0 Å². The molecule has 0 fully saturated rings. The third-order valence-electron chi connectivity index (χ3n) is 1.47. The van der Waals surface area contributed by atoms with Gasteiger partial charge in [0, 0.05) is 0 Å². The molecule has 0 aliphatic heterocycles. The highest BCUT2D eigenvalue weighted by Crippen LogP contribution is 2.05. The minimum Gasteiger partial charge on any atom is -0.369 e. The fourth-order valence-electron chi connectivity index (χ4n) is 0.879. The van der Waals surface area contributed by atoms with Crippen molar-refractivity contribution in [1.82, 2.24) is 5.32 Å². The number of carbonyl (C=O) groups excluding carboxylic acids is 1. The zero-order valence-electron chi connectivity index (χ0n) is 6.75. The van der Waals surface area contributed by atoms with E-state index in [4.69, 9.17) is 5.73 Å². The first-order valence-corrected chi connectivity index (χ1v) is 4.73. The van der Waals surface area contributed by atoms with Gasteiger partial charge in [-0.1, -0.05) is 0 Å². The van der Waals surface area contributed by atoms with E-state index < -0.39 is 0 Å². The summed E-state index contributed by atoms with van der Waals surface area (Å²) in [5, 5.41) is 7.10. The van der Waals surface area contributed by atoms with Crippen LogP contribution in [0.25, 0.3) is 0 Å². The molecular formula is C8H12N2OS. The normalized spacial score (nSPS) is 10.0. The Balaban J connectivity index is 2.07. The molecule has 0 aromatic carbocycles. The maximum atomic E-state index is 10.3. The summed E-state index contributed by atoms with van der Waals surface area (Å²) in [6, 6.07) is 2.08.